The van der Waals surface area contributed by atoms with Gasteiger partial charge in [0.05, 0.1) is 4.90 Å². The number of hydrogen-bond donors (Lipinski definition) is 2. The van der Waals surface area contributed by atoms with Gasteiger partial charge in [-0.15, -0.1) is 5.10 Å². The Morgan fingerprint density at radius 3 is 2.30 bits per heavy atom. The molecule has 2 aliphatic rings. The number of fused-ring (bicyclic) bond motifs is 2. The summed E-state index contributed by atoms with van der Waals surface area (Å²) in [4.78, 5) is 8.22. The SMILES string of the molecule is O=S(=O)(c1ccncc1)c1nc(Nc2c3c(cc4c2CCC4)CCC3)n[nH]1. The Bertz CT molecular complexity index is 1090. The van der Waals surface area contributed by atoms with Crippen molar-refractivity contribution in [2.45, 2.75) is 48.6 Å². The van der Waals surface area contributed by atoms with Gasteiger partial charge in [-0.2, -0.15) is 4.98 Å². The van der Waals surface area contributed by atoms with Crippen LogP contribution in [0.3, 0.4) is 0 Å². The van der Waals surface area contributed by atoms with Crippen LogP contribution in [-0.2, 0) is 35.5 Å². The number of sulfone groups is 1. The number of H-pyrrole nitrogens is 1. The molecule has 0 spiro atoms. The van der Waals surface area contributed by atoms with Crippen molar-refractivity contribution in [1.29, 1.82) is 0 Å². The Balaban J connectivity index is 1.51. The first kappa shape index (κ1) is 16.4. The Hall–Kier alpha value is -2.74. The molecule has 0 bridgehead atoms. The monoisotopic (exact) mass is 381 g/mol. The Morgan fingerprint density at radius 2 is 1.63 bits per heavy atom. The highest BCUT2D eigenvalue weighted by Gasteiger charge is 2.26. The molecule has 5 rings (SSSR count). The maximum Gasteiger partial charge on any atom is 0.249 e. The van der Waals surface area contributed by atoms with Gasteiger partial charge in [-0.25, -0.2) is 13.5 Å². The number of hydrogen-bond acceptors (Lipinski definition) is 6. The molecule has 0 radical (unpaired) electrons. The molecule has 2 aliphatic carbocycles. The normalized spacial score (nSPS) is 15.6. The van der Waals surface area contributed by atoms with Crippen molar-refractivity contribution < 1.29 is 8.42 Å². The second kappa shape index (κ2) is 6.16. The van der Waals surface area contributed by atoms with E-state index < -0.39 is 9.84 Å². The molecule has 0 saturated carbocycles. The summed E-state index contributed by atoms with van der Waals surface area (Å²) < 4.78 is 25.4. The number of benzene rings is 1. The molecule has 0 aliphatic heterocycles. The first-order valence-electron chi connectivity index (χ1n) is 9.14. The van der Waals surface area contributed by atoms with Crippen molar-refractivity contribution in [3.8, 4) is 0 Å². The van der Waals surface area contributed by atoms with Crippen LogP contribution in [0.5, 0.6) is 0 Å². The lowest BCUT2D eigenvalue weighted by molar-refractivity contribution is 0.587. The molecule has 7 nitrogen and oxygen atoms in total. The Labute approximate surface area is 157 Å². The molecule has 2 aromatic heterocycles. The third-order valence-electron chi connectivity index (χ3n) is 5.39. The Morgan fingerprint density at radius 1 is 0.963 bits per heavy atom. The molecule has 0 saturated heterocycles. The van der Waals surface area contributed by atoms with Crippen molar-refractivity contribution in [3.63, 3.8) is 0 Å². The molecule has 27 heavy (non-hydrogen) atoms. The van der Waals surface area contributed by atoms with E-state index in [0.717, 1.165) is 44.2 Å². The van der Waals surface area contributed by atoms with E-state index in [2.05, 4.69) is 31.5 Å². The van der Waals surface area contributed by atoms with Crippen LogP contribution in [0.2, 0.25) is 0 Å². The van der Waals surface area contributed by atoms with Gasteiger partial charge in [0.2, 0.25) is 20.9 Å². The molecule has 0 unspecified atom stereocenters. The van der Waals surface area contributed by atoms with E-state index in [-0.39, 0.29) is 16.0 Å². The van der Waals surface area contributed by atoms with Crippen LogP contribution in [0.1, 0.15) is 35.1 Å². The lowest BCUT2D eigenvalue weighted by atomic mass is 9.99. The summed E-state index contributed by atoms with van der Waals surface area (Å²) in [5, 5.41) is 9.83. The molecule has 2 N–H and O–H groups in total. The zero-order chi connectivity index (χ0) is 18.4. The predicted octanol–water partition coefficient (Wildman–Crippen LogP) is 2.75. The molecular weight excluding hydrogens is 362 g/mol. The minimum absolute atomic E-state index is 0.140. The smallest absolute Gasteiger partial charge is 0.249 e. The highest BCUT2D eigenvalue weighted by molar-refractivity contribution is 7.91. The fourth-order valence-corrected chi connectivity index (χ4v) is 5.21. The van der Waals surface area contributed by atoms with Gasteiger partial charge < -0.3 is 5.32 Å². The van der Waals surface area contributed by atoms with Gasteiger partial charge in [0.15, 0.2) is 0 Å². The number of aromatic amines is 1. The van der Waals surface area contributed by atoms with Crippen LogP contribution in [-0.4, -0.2) is 28.6 Å². The van der Waals surface area contributed by atoms with Crippen LogP contribution in [0, 0.1) is 0 Å². The molecular formula is C19H19N5O2S. The number of aromatic nitrogens is 4. The Kier molecular flexibility index (Phi) is 3.75. The first-order chi connectivity index (χ1) is 13.1. The second-order valence-electron chi connectivity index (χ2n) is 7.01. The van der Waals surface area contributed by atoms with E-state index in [1.54, 1.807) is 0 Å². The van der Waals surface area contributed by atoms with Crippen LogP contribution >= 0.6 is 0 Å². The molecule has 0 atom stereocenters. The van der Waals surface area contributed by atoms with Crippen LogP contribution < -0.4 is 5.32 Å². The summed E-state index contributed by atoms with van der Waals surface area (Å²) >= 11 is 0. The van der Waals surface area contributed by atoms with Crippen LogP contribution in [0.25, 0.3) is 0 Å². The summed E-state index contributed by atoms with van der Waals surface area (Å²) in [5.41, 5.74) is 6.55. The second-order valence-corrected chi connectivity index (χ2v) is 8.87. The first-order valence-corrected chi connectivity index (χ1v) is 10.6. The van der Waals surface area contributed by atoms with Gasteiger partial charge >= 0.3 is 0 Å². The molecule has 0 fully saturated rings. The zero-order valence-electron chi connectivity index (χ0n) is 14.7. The van der Waals surface area contributed by atoms with E-state index >= 15 is 0 Å². The predicted molar refractivity (Wildman–Crippen MR) is 99.8 cm³/mol. The third-order valence-corrected chi connectivity index (χ3v) is 6.97. The number of pyridine rings is 1. The molecule has 0 amide bonds. The molecule has 8 heteroatoms. The van der Waals surface area contributed by atoms with Crippen LogP contribution in [0.4, 0.5) is 11.6 Å². The van der Waals surface area contributed by atoms with Crippen LogP contribution in [0.15, 0.2) is 40.6 Å². The summed E-state index contributed by atoms with van der Waals surface area (Å²) in [6, 6.07) is 5.25. The van der Waals surface area contributed by atoms with Crippen molar-refractivity contribution in [2.24, 2.45) is 0 Å². The standard InChI is InChI=1S/C19H19N5O2S/c25-27(26,14-7-9-20-10-8-14)19-22-18(23-24-19)21-17-15-5-1-3-12(15)11-13-4-2-6-16(13)17/h7-11H,1-6H2,(H2,21,22,23,24). The quantitative estimate of drug-likeness (QED) is 0.721. The number of anilines is 2. The average molecular weight is 381 g/mol. The minimum Gasteiger partial charge on any atom is -0.322 e. The lowest BCUT2D eigenvalue weighted by Crippen LogP contribution is -2.05. The molecule has 1 aromatic carbocycles. The van der Waals surface area contributed by atoms with Crippen molar-refractivity contribution in [2.75, 3.05) is 5.32 Å². The van der Waals surface area contributed by atoms with Gasteiger partial charge in [-0.3, -0.25) is 4.98 Å². The zero-order valence-corrected chi connectivity index (χ0v) is 15.5. The van der Waals surface area contributed by atoms with E-state index in [1.807, 2.05) is 0 Å². The topological polar surface area (TPSA) is 101 Å². The fraction of sp³-hybridized carbons (Fsp3) is 0.316. The fourth-order valence-electron chi connectivity index (χ4n) is 4.13. The van der Waals surface area contributed by atoms with Crippen molar-refractivity contribution in [3.05, 3.63) is 52.8 Å². The average Bonchev–Trinajstić information content (AvgIpc) is 3.42. The van der Waals surface area contributed by atoms with Crippen molar-refractivity contribution >= 4 is 21.5 Å². The van der Waals surface area contributed by atoms with Crippen molar-refractivity contribution in [1.82, 2.24) is 20.2 Å². The van der Waals surface area contributed by atoms with E-state index in [0.29, 0.717) is 0 Å². The number of rotatable bonds is 4. The number of nitrogens with one attached hydrogen (secondary N) is 2. The van der Waals surface area contributed by atoms with E-state index in [1.165, 1.54) is 46.8 Å². The summed E-state index contributed by atoms with van der Waals surface area (Å²) in [7, 11) is -3.74. The van der Waals surface area contributed by atoms with E-state index in [9.17, 15) is 8.42 Å². The molecule has 2 heterocycles. The van der Waals surface area contributed by atoms with Gasteiger partial charge in [-0.05, 0) is 72.9 Å². The lowest BCUT2D eigenvalue weighted by Gasteiger charge is -2.15. The minimum atomic E-state index is -3.74. The summed E-state index contributed by atoms with van der Waals surface area (Å²) in [5.74, 6) is 0.289. The number of aryl methyl sites for hydroxylation is 2. The van der Waals surface area contributed by atoms with Gasteiger partial charge in [-0.1, -0.05) is 6.07 Å². The maximum atomic E-state index is 12.7. The summed E-state index contributed by atoms with van der Waals surface area (Å²) in [6.45, 7) is 0. The highest BCUT2D eigenvalue weighted by atomic mass is 32.2. The number of nitrogens with zero attached hydrogens (tertiary/aromatic N) is 3. The maximum absolute atomic E-state index is 12.7. The third kappa shape index (κ3) is 2.71. The summed E-state index contributed by atoms with van der Waals surface area (Å²) in [6.07, 6.45) is 9.48. The molecule has 138 valence electrons. The van der Waals surface area contributed by atoms with Gasteiger partial charge in [0.1, 0.15) is 0 Å². The molecule has 3 aromatic rings. The largest absolute Gasteiger partial charge is 0.322 e. The van der Waals surface area contributed by atoms with E-state index in [4.69, 9.17) is 0 Å². The highest BCUT2D eigenvalue weighted by Crippen LogP contribution is 2.39. The van der Waals surface area contributed by atoms with Gasteiger partial charge in [0, 0.05) is 18.1 Å². The van der Waals surface area contributed by atoms with Gasteiger partial charge in [0.25, 0.3) is 0 Å².